The first-order valence-corrected chi connectivity index (χ1v) is 5.98. The lowest BCUT2D eigenvalue weighted by atomic mass is 10.1. The van der Waals surface area contributed by atoms with Crippen LogP contribution in [0.15, 0.2) is 0 Å². The van der Waals surface area contributed by atoms with E-state index in [0.717, 1.165) is 12.8 Å². The maximum atomic E-state index is 12.2. The summed E-state index contributed by atoms with van der Waals surface area (Å²) >= 11 is 0. The van der Waals surface area contributed by atoms with E-state index in [-0.39, 0.29) is 24.6 Å². The van der Waals surface area contributed by atoms with Gasteiger partial charge in [0.25, 0.3) is 5.91 Å². The molecule has 0 saturated carbocycles. The van der Waals surface area contributed by atoms with Gasteiger partial charge in [-0.25, -0.2) is 0 Å². The van der Waals surface area contributed by atoms with Crippen molar-refractivity contribution < 1.29 is 19.1 Å². The molecule has 1 saturated heterocycles. The topological polar surface area (TPSA) is 55.8 Å². The minimum Gasteiger partial charge on any atom is -0.468 e. The van der Waals surface area contributed by atoms with Gasteiger partial charge in [-0.1, -0.05) is 0 Å². The lowest BCUT2D eigenvalue weighted by Gasteiger charge is -2.28. The van der Waals surface area contributed by atoms with E-state index >= 15 is 0 Å². The van der Waals surface area contributed by atoms with Gasteiger partial charge in [-0.15, -0.1) is 0 Å². The first-order valence-electron chi connectivity index (χ1n) is 5.98. The first-order chi connectivity index (χ1) is 7.95. The van der Waals surface area contributed by atoms with Crippen molar-refractivity contribution in [1.82, 2.24) is 4.90 Å². The van der Waals surface area contributed by atoms with Crippen LogP contribution in [0.1, 0.15) is 33.6 Å². The fourth-order valence-corrected chi connectivity index (χ4v) is 1.89. The van der Waals surface area contributed by atoms with Crippen molar-refractivity contribution in [1.29, 1.82) is 0 Å². The molecular weight excluding hydrogens is 222 g/mol. The zero-order chi connectivity index (χ0) is 13.0. The Morgan fingerprint density at radius 2 is 2.06 bits per heavy atom. The Morgan fingerprint density at radius 3 is 2.47 bits per heavy atom. The molecule has 98 valence electrons. The Kier molecular flexibility index (Phi) is 4.93. The van der Waals surface area contributed by atoms with Crippen LogP contribution in [0, 0.1) is 0 Å². The highest BCUT2D eigenvalue weighted by Gasteiger charge is 2.33. The average Bonchev–Trinajstić information content (AvgIpc) is 2.71. The highest BCUT2D eigenvalue weighted by Crippen LogP contribution is 2.21. The predicted molar refractivity (Wildman–Crippen MR) is 62.4 cm³/mol. The van der Waals surface area contributed by atoms with E-state index in [2.05, 4.69) is 4.74 Å². The molecule has 5 nitrogen and oxygen atoms in total. The first kappa shape index (κ1) is 14.0. The summed E-state index contributed by atoms with van der Waals surface area (Å²) in [5.74, 6) is -0.521. The highest BCUT2D eigenvalue weighted by atomic mass is 16.5. The van der Waals surface area contributed by atoms with Crippen molar-refractivity contribution in [2.45, 2.75) is 51.9 Å². The van der Waals surface area contributed by atoms with Crippen LogP contribution in [-0.2, 0) is 19.1 Å². The number of hydrogen-bond acceptors (Lipinski definition) is 4. The minimum atomic E-state index is -0.406. The largest absolute Gasteiger partial charge is 0.468 e. The van der Waals surface area contributed by atoms with Crippen LogP contribution in [-0.4, -0.2) is 48.7 Å². The van der Waals surface area contributed by atoms with Crippen LogP contribution in [0.4, 0.5) is 0 Å². The summed E-state index contributed by atoms with van der Waals surface area (Å²) in [6.45, 7) is 5.69. The fourth-order valence-electron chi connectivity index (χ4n) is 1.89. The summed E-state index contributed by atoms with van der Waals surface area (Å²) in [5.41, 5.74) is 0. The molecule has 1 fully saturated rings. The molecule has 1 heterocycles. The van der Waals surface area contributed by atoms with Crippen molar-refractivity contribution in [2.75, 3.05) is 13.7 Å². The van der Waals surface area contributed by atoms with E-state index in [1.165, 1.54) is 12.0 Å². The number of ether oxygens (including phenoxy) is 2. The van der Waals surface area contributed by atoms with Crippen LogP contribution in [0.3, 0.4) is 0 Å². The Bertz CT molecular complexity index is 290. The van der Waals surface area contributed by atoms with Crippen molar-refractivity contribution >= 4 is 11.9 Å². The molecular formula is C12H21NO4. The Morgan fingerprint density at radius 1 is 1.41 bits per heavy atom. The zero-order valence-electron chi connectivity index (χ0n) is 10.9. The van der Waals surface area contributed by atoms with Crippen LogP contribution in [0.25, 0.3) is 0 Å². The third-order valence-electron chi connectivity index (χ3n) is 2.94. The lowest BCUT2D eigenvalue weighted by molar-refractivity contribution is -0.153. The molecule has 2 atom stereocenters. The van der Waals surface area contributed by atoms with Gasteiger partial charge in [-0.05, 0) is 33.6 Å². The van der Waals surface area contributed by atoms with Crippen LogP contribution in [0.5, 0.6) is 0 Å². The van der Waals surface area contributed by atoms with Gasteiger partial charge in [0.2, 0.25) is 0 Å². The number of rotatable bonds is 4. The molecule has 17 heavy (non-hydrogen) atoms. The molecule has 1 amide bonds. The van der Waals surface area contributed by atoms with Crippen LogP contribution < -0.4 is 0 Å². The number of carbonyl (C=O) groups excluding carboxylic acids is 2. The molecule has 1 aliphatic rings. The second kappa shape index (κ2) is 6.00. The van der Waals surface area contributed by atoms with E-state index in [4.69, 9.17) is 4.74 Å². The summed E-state index contributed by atoms with van der Waals surface area (Å²) < 4.78 is 10.1. The molecule has 0 N–H and O–H groups in total. The second-order valence-corrected chi connectivity index (χ2v) is 4.65. The van der Waals surface area contributed by atoms with E-state index in [1.54, 1.807) is 0 Å². The normalized spacial score (nSPS) is 23.8. The van der Waals surface area contributed by atoms with E-state index in [9.17, 15) is 9.59 Å². The van der Waals surface area contributed by atoms with Gasteiger partial charge in [-0.3, -0.25) is 9.59 Å². The molecule has 0 bridgehead atoms. The molecule has 0 aromatic carbocycles. The van der Waals surface area contributed by atoms with Gasteiger partial charge >= 0.3 is 5.97 Å². The minimum absolute atomic E-state index is 0.0127. The Hall–Kier alpha value is -1.10. The Labute approximate surface area is 102 Å². The summed E-state index contributed by atoms with van der Waals surface area (Å²) in [6.07, 6.45) is 1.33. The van der Waals surface area contributed by atoms with Crippen LogP contribution in [0.2, 0.25) is 0 Å². The number of methoxy groups -OCH3 is 1. The van der Waals surface area contributed by atoms with Gasteiger partial charge in [-0.2, -0.15) is 0 Å². The molecule has 0 radical (unpaired) electrons. The van der Waals surface area contributed by atoms with Gasteiger partial charge in [0.15, 0.2) is 0 Å². The number of carbonyl (C=O) groups is 2. The standard InChI is InChI=1S/C12H21NO4/c1-8(2)13(7-11(14)16-4)12(15)10-6-5-9(3)17-10/h8-10H,5-7H2,1-4H3. The molecule has 0 aliphatic carbocycles. The highest BCUT2D eigenvalue weighted by molar-refractivity contribution is 5.85. The van der Waals surface area contributed by atoms with E-state index in [0.29, 0.717) is 0 Å². The van der Waals surface area contributed by atoms with Crippen molar-refractivity contribution in [3.8, 4) is 0 Å². The quantitative estimate of drug-likeness (QED) is 0.690. The van der Waals surface area contributed by atoms with Gasteiger partial charge in [0, 0.05) is 6.04 Å². The number of hydrogen-bond donors (Lipinski definition) is 0. The maximum Gasteiger partial charge on any atom is 0.325 e. The maximum absolute atomic E-state index is 12.2. The zero-order valence-corrected chi connectivity index (χ0v) is 10.9. The van der Waals surface area contributed by atoms with Gasteiger partial charge < -0.3 is 14.4 Å². The molecule has 5 heteroatoms. The van der Waals surface area contributed by atoms with Crippen LogP contribution >= 0.6 is 0 Å². The molecule has 1 rings (SSSR count). The Balaban J connectivity index is 2.63. The van der Waals surface area contributed by atoms with Crippen molar-refractivity contribution in [3.05, 3.63) is 0 Å². The molecule has 2 unspecified atom stereocenters. The number of esters is 1. The van der Waals surface area contributed by atoms with E-state index < -0.39 is 12.1 Å². The van der Waals surface area contributed by atoms with Crippen molar-refractivity contribution in [2.24, 2.45) is 0 Å². The molecule has 1 aliphatic heterocycles. The summed E-state index contributed by atoms with van der Waals surface area (Å²) in [4.78, 5) is 24.9. The predicted octanol–water partition coefficient (Wildman–Crippen LogP) is 0.964. The second-order valence-electron chi connectivity index (χ2n) is 4.65. The van der Waals surface area contributed by atoms with Gasteiger partial charge in [0.1, 0.15) is 12.6 Å². The fraction of sp³-hybridized carbons (Fsp3) is 0.833. The third kappa shape index (κ3) is 3.70. The number of amides is 1. The smallest absolute Gasteiger partial charge is 0.325 e. The van der Waals surface area contributed by atoms with Crippen molar-refractivity contribution in [3.63, 3.8) is 0 Å². The SMILES string of the molecule is COC(=O)CN(C(=O)C1CCC(C)O1)C(C)C. The average molecular weight is 243 g/mol. The molecule has 0 aromatic heterocycles. The third-order valence-corrected chi connectivity index (χ3v) is 2.94. The summed E-state index contributed by atoms with van der Waals surface area (Å²) in [6, 6.07) is -0.0406. The summed E-state index contributed by atoms with van der Waals surface area (Å²) in [5, 5.41) is 0. The van der Waals surface area contributed by atoms with E-state index in [1.807, 2.05) is 20.8 Å². The monoisotopic (exact) mass is 243 g/mol. The molecule has 0 aromatic rings. The summed E-state index contributed by atoms with van der Waals surface area (Å²) in [7, 11) is 1.32. The number of nitrogens with zero attached hydrogens (tertiary/aromatic N) is 1. The lowest BCUT2D eigenvalue weighted by Crippen LogP contribution is -2.46. The molecule has 0 spiro atoms. The van der Waals surface area contributed by atoms with Gasteiger partial charge in [0.05, 0.1) is 13.2 Å².